The highest BCUT2D eigenvalue weighted by Gasteiger charge is 2.59. The number of allylic oxidation sites excluding steroid dienone is 1. The molecule has 54 heavy (non-hydrogen) atoms. The topological polar surface area (TPSA) is 141 Å². The van der Waals surface area contributed by atoms with Gasteiger partial charge in [-0.1, -0.05) is 51.2 Å². The Balaban J connectivity index is 1.64. The molecule has 1 saturated carbocycles. The van der Waals surface area contributed by atoms with Crippen LogP contribution < -0.4 is 14.2 Å². The third-order valence-electron chi connectivity index (χ3n) is 11.2. The van der Waals surface area contributed by atoms with Crippen LogP contribution in [0.3, 0.4) is 0 Å². The highest BCUT2D eigenvalue weighted by atomic mass is 28.3. The van der Waals surface area contributed by atoms with E-state index in [1.54, 1.807) is 26.4 Å². The van der Waals surface area contributed by atoms with E-state index in [2.05, 4.69) is 39.6 Å². The Labute approximate surface area is 321 Å². The molecule has 12 nitrogen and oxygen atoms in total. The minimum atomic E-state index is -1.56. The first kappa shape index (κ1) is 42.3. The van der Waals surface area contributed by atoms with Gasteiger partial charge in [0.1, 0.15) is 60.9 Å². The third-order valence-corrected chi connectivity index (χ3v) is 12.9. The summed E-state index contributed by atoms with van der Waals surface area (Å²) in [5.74, 6) is 0.765. The number of ketones is 1. The Bertz CT molecular complexity index is 1520. The van der Waals surface area contributed by atoms with E-state index in [4.69, 9.17) is 42.6 Å². The summed E-state index contributed by atoms with van der Waals surface area (Å²) < 4.78 is 55.3. The van der Waals surface area contributed by atoms with Crippen molar-refractivity contribution in [2.75, 3.05) is 54.7 Å². The number of hydrogen-bond donors (Lipinski definition) is 2. The van der Waals surface area contributed by atoms with Crippen molar-refractivity contribution in [3.8, 4) is 17.2 Å². The Morgan fingerprint density at radius 3 is 2.19 bits per heavy atom. The molecule has 13 heteroatoms. The highest BCUT2D eigenvalue weighted by Crippen LogP contribution is 2.53. The summed E-state index contributed by atoms with van der Waals surface area (Å²) in [6, 6.07) is 15.4. The van der Waals surface area contributed by atoms with Crippen LogP contribution in [0.5, 0.6) is 17.2 Å². The molecule has 0 amide bonds. The van der Waals surface area contributed by atoms with Gasteiger partial charge < -0.3 is 52.8 Å². The second-order valence-electron chi connectivity index (χ2n) is 16.2. The summed E-state index contributed by atoms with van der Waals surface area (Å²) in [4.78, 5) is 14.8. The minimum Gasteiger partial charge on any atom is -0.497 e. The predicted molar refractivity (Wildman–Crippen MR) is 204 cm³/mol. The molecule has 300 valence electrons. The first-order valence-corrected chi connectivity index (χ1v) is 22.5. The number of benzene rings is 2. The summed E-state index contributed by atoms with van der Waals surface area (Å²) in [6.45, 7) is 10.6. The quantitative estimate of drug-likeness (QED) is 0.0853. The molecule has 2 aromatic rings. The molecule has 3 aliphatic rings. The Hall–Kier alpha value is -2.85. The van der Waals surface area contributed by atoms with Crippen molar-refractivity contribution < 1.29 is 57.6 Å². The molecule has 2 N–H and O–H groups in total. The second-order valence-corrected chi connectivity index (χ2v) is 21.9. The number of hydrogen-bond acceptors (Lipinski definition) is 12. The summed E-state index contributed by atoms with van der Waals surface area (Å²) in [6.07, 6.45) is -1.60. The number of aliphatic hydroxyl groups excluding tert-OH is 2. The second kappa shape index (κ2) is 18.4. The summed E-state index contributed by atoms with van der Waals surface area (Å²) >= 11 is 0. The van der Waals surface area contributed by atoms with Crippen LogP contribution in [0.1, 0.15) is 45.0 Å². The fourth-order valence-electron chi connectivity index (χ4n) is 7.94. The maximum atomic E-state index is 14.8. The van der Waals surface area contributed by atoms with Gasteiger partial charge in [-0.15, -0.1) is 0 Å². The summed E-state index contributed by atoms with van der Waals surface area (Å²) in [7, 11) is 3.29. The maximum Gasteiger partial charge on any atom is 0.184 e. The lowest BCUT2D eigenvalue weighted by molar-refractivity contribution is -0.350. The first-order valence-electron chi connectivity index (χ1n) is 18.8. The molecule has 1 saturated heterocycles. The van der Waals surface area contributed by atoms with Crippen LogP contribution in [0.2, 0.25) is 25.7 Å². The zero-order chi connectivity index (χ0) is 39.1. The van der Waals surface area contributed by atoms with E-state index < -0.39 is 62.3 Å². The van der Waals surface area contributed by atoms with Crippen molar-refractivity contribution in [2.45, 2.75) is 95.1 Å². The Morgan fingerprint density at radius 2 is 1.57 bits per heavy atom. The van der Waals surface area contributed by atoms with Crippen molar-refractivity contribution in [2.24, 2.45) is 17.3 Å². The normalized spacial score (nSPS) is 30.0. The summed E-state index contributed by atoms with van der Waals surface area (Å²) in [5.41, 5.74) is -0.183. The van der Waals surface area contributed by atoms with Crippen LogP contribution in [0.25, 0.3) is 0 Å². The molecule has 5 rings (SSSR count). The van der Waals surface area contributed by atoms with Gasteiger partial charge in [0.25, 0.3) is 0 Å². The van der Waals surface area contributed by atoms with Gasteiger partial charge in [-0.2, -0.15) is 0 Å². The van der Waals surface area contributed by atoms with Gasteiger partial charge in [0.05, 0.1) is 27.4 Å². The van der Waals surface area contributed by atoms with E-state index in [1.165, 1.54) is 7.11 Å². The van der Waals surface area contributed by atoms with E-state index in [0.717, 1.165) is 24.5 Å². The first-order chi connectivity index (χ1) is 25.8. The van der Waals surface area contributed by atoms with Crippen molar-refractivity contribution in [3.63, 3.8) is 0 Å². The van der Waals surface area contributed by atoms with Gasteiger partial charge in [0.2, 0.25) is 0 Å². The van der Waals surface area contributed by atoms with Crippen LogP contribution in [-0.2, 0) is 33.2 Å². The molecule has 1 heterocycles. The Morgan fingerprint density at radius 1 is 0.926 bits per heavy atom. The molecule has 2 fully saturated rings. The van der Waals surface area contributed by atoms with Gasteiger partial charge in [0, 0.05) is 45.6 Å². The lowest BCUT2D eigenvalue weighted by Gasteiger charge is -2.52. The van der Waals surface area contributed by atoms with E-state index >= 15 is 0 Å². The third kappa shape index (κ3) is 9.74. The number of fused-ring (bicyclic) bond motifs is 2. The summed E-state index contributed by atoms with van der Waals surface area (Å²) in [5, 5.41) is 22.2. The van der Waals surface area contributed by atoms with Gasteiger partial charge in [-0.05, 0) is 66.8 Å². The number of aliphatic hydroxyl groups is 2. The van der Waals surface area contributed by atoms with Crippen LogP contribution in [0.4, 0.5) is 0 Å². The predicted octanol–water partition coefficient (Wildman–Crippen LogP) is 5.93. The van der Waals surface area contributed by atoms with Gasteiger partial charge in [-0.3, -0.25) is 4.79 Å². The van der Waals surface area contributed by atoms with Crippen LogP contribution >= 0.6 is 0 Å². The van der Waals surface area contributed by atoms with E-state index in [1.807, 2.05) is 36.4 Å². The van der Waals surface area contributed by atoms with E-state index in [-0.39, 0.29) is 38.3 Å². The largest absolute Gasteiger partial charge is 0.497 e. The lowest BCUT2D eigenvalue weighted by Crippen LogP contribution is -2.66. The minimum absolute atomic E-state index is 0.0489. The molecular formula is C41H60O12Si. The average molecular weight is 773 g/mol. The number of methoxy groups -OCH3 is 3. The van der Waals surface area contributed by atoms with Gasteiger partial charge >= 0.3 is 0 Å². The monoisotopic (exact) mass is 772 g/mol. The standard InChI is InChI=1S/C41H60O12Si/c1-40(2)28-11-18-32(40)37(50-25-45-3)34(43)22-33(36(21-28)52-31-16-14-30(47-5)15-17-31)41(51-26-48-19-20-54(6,7)8)24-49-39(53-38(41)35(44)23-42)27-9-12-29(46-4)13-10-27/h9-10,12-17,21,32-33,35-39,42,44H,11,18-20,22-26H2,1-8H3/b28-21+/t32-,33-,35-,36-,37-,38-,39+,41-/m1/s1. The molecule has 1 aliphatic heterocycles. The lowest BCUT2D eigenvalue weighted by atomic mass is 9.73. The van der Waals surface area contributed by atoms with Crippen LogP contribution in [0.15, 0.2) is 60.2 Å². The maximum absolute atomic E-state index is 14.8. The van der Waals surface area contributed by atoms with Gasteiger partial charge in [0.15, 0.2) is 12.1 Å². The molecule has 8 atom stereocenters. The van der Waals surface area contributed by atoms with E-state index in [0.29, 0.717) is 29.4 Å². The highest BCUT2D eigenvalue weighted by molar-refractivity contribution is 6.76. The average Bonchev–Trinajstić information content (AvgIpc) is 3.46. The number of carbonyl (C=O) groups is 1. The number of Topliss-reactive ketones (excluding diaryl/α,β-unsaturated/α-hetero) is 1. The molecule has 2 aromatic carbocycles. The Kier molecular flexibility index (Phi) is 14.4. The van der Waals surface area contributed by atoms with Crippen molar-refractivity contribution in [3.05, 3.63) is 65.7 Å². The number of rotatable bonds is 17. The number of carbonyl (C=O) groups excluding carboxylic acids is 1. The molecular weight excluding hydrogens is 713 g/mol. The fraction of sp³-hybridized carbons (Fsp3) is 0.634. The van der Waals surface area contributed by atoms with Crippen molar-refractivity contribution >= 4 is 13.9 Å². The number of ether oxygens (including phenoxy) is 9. The molecule has 0 unspecified atom stereocenters. The van der Waals surface area contributed by atoms with Crippen molar-refractivity contribution in [1.82, 2.24) is 0 Å². The molecule has 2 bridgehead atoms. The molecule has 0 spiro atoms. The van der Waals surface area contributed by atoms with Crippen LogP contribution in [0, 0.1) is 17.3 Å². The zero-order valence-corrected chi connectivity index (χ0v) is 34.1. The smallest absolute Gasteiger partial charge is 0.184 e. The van der Waals surface area contributed by atoms with Crippen molar-refractivity contribution in [1.29, 1.82) is 0 Å². The SMILES string of the molecule is COCO[C@H]1C(=O)C[C@@H]([C@]2(OCOCC[Si](C)(C)C)CO[C@H](c3ccc(OC)cc3)O[C@@H]2[C@H](O)CO)[C@H](Oc2ccc(OC)cc2)/C=C2\CC[C@H]1C2(C)C. The van der Waals surface area contributed by atoms with E-state index in [9.17, 15) is 15.0 Å². The molecule has 0 radical (unpaired) electrons. The molecule has 2 aliphatic carbocycles. The molecule has 0 aromatic heterocycles. The fourth-order valence-corrected chi connectivity index (χ4v) is 8.69. The van der Waals surface area contributed by atoms with Crippen LogP contribution in [-0.4, -0.2) is 109 Å². The zero-order valence-electron chi connectivity index (χ0n) is 33.1. The van der Waals surface area contributed by atoms with Gasteiger partial charge in [-0.25, -0.2) is 0 Å².